The van der Waals surface area contributed by atoms with E-state index in [9.17, 15) is 9.90 Å². The first-order valence-electron chi connectivity index (χ1n) is 9.62. The number of hydrogen-bond donors (Lipinski definition) is 2. The molecule has 0 aromatic heterocycles. The molecule has 4 rings (SSSR count). The SMILES string of the molecule is COc1ccc(-c2ccc3cc(O)ccc3c2Oc2ccc(C=CC(=O)O)cc2)cc1. The number of phenols is 1. The van der Waals surface area contributed by atoms with E-state index in [1.165, 1.54) is 6.08 Å². The van der Waals surface area contributed by atoms with Crippen molar-refractivity contribution in [3.63, 3.8) is 0 Å². The van der Waals surface area contributed by atoms with Gasteiger partial charge in [0.15, 0.2) is 0 Å². The molecular formula is C26H20O5. The molecule has 0 saturated heterocycles. The van der Waals surface area contributed by atoms with Gasteiger partial charge in [-0.25, -0.2) is 4.79 Å². The fourth-order valence-corrected chi connectivity index (χ4v) is 3.33. The minimum absolute atomic E-state index is 0.185. The van der Waals surface area contributed by atoms with Gasteiger partial charge in [0.05, 0.1) is 7.11 Å². The molecule has 31 heavy (non-hydrogen) atoms. The number of rotatable bonds is 6. The molecule has 0 radical (unpaired) electrons. The van der Waals surface area contributed by atoms with E-state index in [0.29, 0.717) is 11.5 Å². The Labute approximate surface area is 179 Å². The van der Waals surface area contributed by atoms with E-state index >= 15 is 0 Å². The third kappa shape index (κ3) is 4.51. The lowest BCUT2D eigenvalue weighted by Crippen LogP contribution is -1.91. The van der Waals surface area contributed by atoms with E-state index in [1.807, 2.05) is 42.5 Å². The van der Waals surface area contributed by atoms with Crippen LogP contribution >= 0.6 is 0 Å². The van der Waals surface area contributed by atoms with Gasteiger partial charge in [0.1, 0.15) is 23.0 Å². The number of phenolic OH excluding ortho intramolecular Hbond substituents is 1. The van der Waals surface area contributed by atoms with Crippen LogP contribution in [-0.4, -0.2) is 23.3 Å². The number of fused-ring (bicyclic) bond motifs is 1. The summed E-state index contributed by atoms with van der Waals surface area (Å²) in [5.74, 6) is 1.23. The highest BCUT2D eigenvalue weighted by Gasteiger charge is 2.13. The van der Waals surface area contributed by atoms with Crippen LogP contribution in [0.4, 0.5) is 0 Å². The Kier molecular flexibility index (Phi) is 5.58. The van der Waals surface area contributed by atoms with E-state index < -0.39 is 5.97 Å². The first-order valence-corrected chi connectivity index (χ1v) is 9.62. The third-order valence-corrected chi connectivity index (χ3v) is 4.87. The molecule has 0 atom stereocenters. The fraction of sp³-hybridized carbons (Fsp3) is 0.0385. The molecule has 4 aromatic rings. The lowest BCUT2D eigenvalue weighted by Gasteiger charge is -2.15. The second kappa shape index (κ2) is 8.63. The van der Waals surface area contributed by atoms with E-state index in [1.54, 1.807) is 43.5 Å². The van der Waals surface area contributed by atoms with Gasteiger partial charge in [-0.05, 0) is 71.1 Å². The molecule has 0 fully saturated rings. The van der Waals surface area contributed by atoms with Gasteiger partial charge in [0.2, 0.25) is 0 Å². The van der Waals surface area contributed by atoms with Gasteiger partial charge in [-0.15, -0.1) is 0 Å². The van der Waals surface area contributed by atoms with Crippen LogP contribution in [0.5, 0.6) is 23.0 Å². The van der Waals surface area contributed by atoms with Crippen LogP contribution in [0.15, 0.2) is 84.9 Å². The number of ether oxygens (including phenoxy) is 2. The van der Waals surface area contributed by atoms with Crippen molar-refractivity contribution in [3.05, 3.63) is 90.5 Å². The Hall–Kier alpha value is -4.25. The Morgan fingerprint density at radius 3 is 2.26 bits per heavy atom. The topological polar surface area (TPSA) is 76.0 Å². The molecular weight excluding hydrogens is 392 g/mol. The standard InChI is InChI=1S/C26H20O5/c1-30-21-11-5-18(6-12-21)23-13-7-19-16-20(27)8-14-24(19)26(23)31-22-9-2-17(3-10-22)4-15-25(28)29/h2-16,27H,1H3,(H,28,29). The summed E-state index contributed by atoms with van der Waals surface area (Å²) in [5.41, 5.74) is 2.62. The van der Waals surface area contributed by atoms with Crippen LogP contribution in [0.1, 0.15) is 5.56 Å². The summed E-state index contributed by atoms with van der Waals surface area (Å²) in [6.07, 6.45) is 2.62. The Morgan fingerprint density at radius 2 is 1.58 bits per heavy atom. The number of carboxylic acids is 1. The Bertz CT molecular complexity index is 1260. The average molecular weight is 412 g/mol. The van der Waals surface area contributed by atoms with Gasteiger partial charge < -0.3 is 19.7 Å². The first-order chi connectivity index (χ1) is 15.0. The van der Waals surface area contributed by atoms with Gasteiger partial charge in [-0.2, -0.15) is 0 Å². The monoisotopic (exact) mass is 412 g/mol. The van der Waals surface area contributed by atoms with Crippen LogP contribution in [0.25, 0.3) is 28.0 Å². The quantitative estimate of drug-likeness (QED) is 0.374. The minimum Gasteiger partial charge on any atom is -0.508 e. The van der Waals surface area contributed by atoms with Crippen LogP contribution in [-0.2, 0) is 4.79 Å². The van der Waals surface area contributed by atoms with E-state index in [-0.39, 0.29) is 5.75 Å². The number of carboxylic acid groups (broad SMARTS) is 1. The smallest absolute Gasteiger partial charge is 0.328 e. The highest BCUT2D eigenvalue weighted by Crippen LogP contribution is 2.40. The largest absolute Gasteiger partial charge is 0.508 e. The number of carbonyl (C=O) groups is 1. The summed E-state index contributed by atoms with van der Waals surface area (Å²) in [6.45, 7) is 0. The van der Waals surface area contributed by atoms with Crippen LogP contribution in [0.2, 0.25) is 0 Å². The normalized spacial score (nSPS) is 11.0. The van der Waals surface area contributed by atoms with Crippen molar-refractivity contribution in [1.82, 2.24) is 0 Å². The van der Waals surface area contributed by atoms with Crippen LogP contribution < -0.4 is 9.47 Å². The van der Waals surface area contributed by atoms with Crippen molar-refractivity contribution in [2.75, 3.05) is 7.11 Å². The average Bonchev–Trinajstić information content (AvgIpc) is 2.78. The number of hydrogen-bond acceptors (Lipinski definition) is 4. The molecule has 2 N–H and O–H groups in total. The Balaban J connectivity index is 1.77. The molecule has 5 heteroatoms. The number of benzene rings is 4. The first kappa shape index (κ1) is 20.0. The predicted octanol–water partition coefficient (Wildman–Crippen LogP) is 6.11. The lowest BCUT2D eigenvalue weighted by atomic mass is 9.99. The second-order valence-corrected chi connectivity index (χ2v) is 6.92. The van der Waals surface area contributed by atoms with Crippen molar-refractivity contribution < 1.29 is 24.5 Å². The summed E-state index contributed by atoms with van der Waals surface area (Å²) >= 11 is 0. The number of aliphatic carboxylic acids is 1. The molecule has 5 nitrogen and oxygen atoms in total. The van der Waals surface area contributed by atoms with Crippen molar-refractivity contribution in [1.29, 1.82) is 0 Å². The van der Waals surface area contributed by atoms with E-state index in [2.05, 4.69) is 0 Å². The van der Waals surface area contributed by atoms with Crippen LogP contribution in [0, 0.1) is 0 Å². The highest BCUT2D eigenvalue weighted by atomic mass is 16.5. The van der Waals surface area contributed by atoms with E-state index in [4.69, 9.17) is 14.6 Å². The molecule has 0 saturated carbocycles. The molecule has 0 heterocycles. The summed E-state index contributed by atoms with van der Waals surface area (Å²) in [5, 5.41) is 20.4. The van der Waals surface area contributed by atoms with Gasteiger partial charge in [-0.1, -0.05) is 30.3 Å². The van der Waals surface area contributed by atoms with Crippen molar-refractivity contribution in [2.24, 2.45) is 0 Å². The van der Waals surface area contributed by atoms with Crippen molar-refractivity contribution in [3.8, 4) is 34.1 Å². The summed E-state index contributed by atoms with van der Waals surface area (Å²) in [7, 11) is 1.63. The van der Waals surface area contributed by atoms with Gasteiger partial charge in [-0.3, -0.25) is 0 Å². The minimum atomic E-state index is -0.997. The van der Waals surface area contributed by atoms with Gasteiger partial charge in [0, 0.05) is 17.0 Å². The number of aromatic hydroxyl groups is 1. The summed E-state index contributed by atoms with van der Waals surface area (Å²) < 4.78 is 11.6. The lowest BCUT2D eigenvalue weighted by molar-refractivity contribution is -0.131. The maximum Gasteiger partial charge on any atom is 0.328 e. The zero-order chi connectivity index (χ0) is 21.8. The van der Waals surface area contributed by atoms with Crippen LogP contribution in [0.3, 0.4) is 0 Å². The summed E-state index contributed by atoms with van der Waals surface area (Å²) in [4.78, 5) is 10.7. The molecule has 0 unspecified atom stereocenters. The summed E-state index contributed by atoms with van der Waals surface area (Å²) in [6, 6.07) is 23.9. The van der Waals surface area contributed by atoms with Gasteiger partial charge in [0.25, 0.3) is 0 Å². The molecule has 0 aliphatic carbocycles. The second-order valence-electron chi connectivity index (χ2n) is 6.92. The molecule has 154 valence electrons. The van der Waals surface area contributed by atoms with E-state index in [0.717, 1.165) is 39.3 Å². The zero-order valence-electron chi connectivity index (χ0n) is 16.8. The maximum absolute atomic E-state index is 10.7. The Morgan fingerprint density at radius 1 is 0.871 bits per heavy atom. The molecule has 0 spiro atoms. The highest BCUT2D eigenvalue weighted by molar-refractivity contribution is 5.96. The van der Waals surface area contributed by atoms with Crippen molar-refractivity contribution >= 4 is 22.8 Å². The molecule has 0 amide bonds. The zero-order valence-corrected chi connectivity index (χ0v) is 16.8. The van der Waals surface area contributed by atoms with Crippen molar-refractivity contribution in [2.45, 2.75) is 0 Å². The third-order valence-electron chi connectivity index (χ3n) is 4.87. The molecule has 0 bridgehead atoms. The number of methoxy groups -OCH3 is 1. The molecule has 0 aliphatic rings. The maximum atomic E-state index is 10.7. The molecule has 4 aromatic carbocycles. The predicted molar refractivity (Wildman–Crippen MR) is 121 cm³/mol. The van der Waals surface area contributed by atoms with Gasteiger partial charge >= 0.3 is 5.97 Å². The fourth-order valence-electron chi connectivity index (χ4n) is 3.33. The molecule has 0 aliphatic heterocycles.